The summed E-state index contributed by atoms with van der Waals surface area (Å²) in [5.41, 5.74) is 0. The maximum Gasteiger partial charge on any atom is 0.239 e. The van der Waals surface area contributed by atoms with Crippen LogP contribution in [0.4, 0.5) is 0 Å². The van der Waals surface area contributed by atoms with Crippen molar-refractivity contribution in [3.8, 4) is 0 Å². The van der Waals surface area contributed by atoms with E-state index >= 15 is 0 Å². The predicted molar refractivity (Wildman–Crippen MR) is 60.0 cm³/mol. The number of morpholine rings is 1. The number of carbonyl (C=O) groups excluding carboxylic acids is 1. The maximum atomic E-state index is 12.0. The fourth-order valence-electron chi connectivity index (χ4n) is 3.44. The zero-order chi connectivity index (χ0) is 11.0. The number of carbonyl (C=O) groups is 1. The number of rotatable bonds is 2. The van der Waals surface area contributed by atoms with E-state index in [0.29, 0.717) is 12.6 Å². The fourth-order valence-corrected chi connectivity index (χ4v) is 3.44. The minimum atomic E-state index is -0.132. The number of hydrogen-bond acceptors (Lipinski definition) is 3. The lowest BCUT2D eigenvalue weighted by atomic mass is 9.95. The zero-order valence-corrected chi connectivity index (χ0v) is 9.58. The molecule has 1 amide bonds. The van der Waals surface area contributed by atoms with E-state index < -0.39 is 0 Å². The van der Waals surface area contributed by atoms with E-state index in [1.807, 2.05) is 0 Å². The zero-order valence-electron chi connectivity index (χ0n) is 9.58. The topological polar surface area (TPSA) is 50.4 Å². The van der Waals surface area contributed by atoms with Gasteiger partial charge in [0.1, 0.15) is 6.04 Å². The summed E-state index contributed by atoms with van der Waals surface area (Å²) in [6.07, 6.45) is 5.22. The smallest absolute Gasteiger partial charge is 0.239 e. The molecule has 90 valence electrons. The molecule has 1 aliphatic heterocycles. The van der Waals surface area contributed by atoms with Crippen molar-refractivity contribution >= 4 is 5.91 Å². The van der Waals surface area contributed by atoms with Gasteiger partial charge < -0.3 is 15.4 Å². The summed E-state index contributed by atoms with van der Waals surface area (Å²) < 4.78 is 5.31. The van der Waals surface area contributed by atoms with Crippen molar-refractivity contribution in [2.24, 2.45) is 11.8 Å². The third-order valence-electron chi connectivity index (χ3n) is 4.30. The van der Waals surface area contributed by atoms with Crippen molar-refractivity contribution < 1.29 is 9.53 Å². The average Bonchev–Trinajstić information content (AvgIpc) is 2.92. The van der Waals surface area contributed by atoms with E-state index in [2.05, 4.69) is 10.6 Å². The molecular weight excluding hydrogens is 204 g/mol. The van der Waals surface area contributed by atoms with E-state index in [9.17, 15) is 4.79 Å². The third kappa shape index (κ3) is 1.96. The van der Waals surface area contributed by atoms with Gasteiger partial charge in [0, 0.05) is 12.6 Å². The van der Waals surface area contributed by atoms with Gasteiger partial charge in [-0.1, -0.05) is 6.42 Å². The average molecular weight is 224 g/mol. The molecule has 0 aromatic carbocycles. The molecule has 4 nitrogen and oxygen atoms in total. The van der Waals surface area contributed by atoms with Gasteiger partial charge in [-0.3, -0.25) is 4.79 Å². The SMILES string of the molecule is O=C(NC1CC2CCC1C2)C1COCCN1. The second kappa shape index (κ2) is 4.34. The van der Waals surface area contributed by atoms with Crippen LogP contribution in [-0.2, 0) is 9.53 Å². The van der Waals surface area contributed by atoms with Gasteiger partial charge in [0.05, 0.1) is 13.2 Å². The van der Waals surface area contributed by atoms with Crippen molar-refractivity contribution in [3.05, 3.63) is 0 Å². The van der Waals surface area contributed by atoms with E-state index in [-0.39, 0.29) is 11.9 Å². The first-order valence-corrected chi connectivity index (χ1v) is 6.44. The molecule has 2 saturated carbocycles. The van der Waals surface area contributed by atoms with Crippen LogP contribution in [0, 0.1) is 11.8 Å². The number of fused-ring (bicyclic) bond motifs is 2. The van der Waals surface area contributed by atoms with Crippen LogP contribution >= 0.6 is 0 Å². The monoisotopic (exact) mass is 224 g/mol. The van der Waals surface area contributed by atoms with Crippen molar-refractivity contribution in [3.63, 3.8) is 0 Å². The highest BCUT2D eigenvalue weighted by Crippen LogP contribution is 2.44. The highest BCUT2D eigenvalue weighted by Gasteiger charge is 2.40. The quantitative estimate of drug-likeness (QED) is 0.708. The second-order valence-electron chi connectivity index (χ2n) is 5.37. The Morgan fingerprint density at radius 1 is 1.31 bits per heavy atom. The number of amides is 1. The van der Waals surface area contributed by atoms with Gasteiger partial charge in [0.2, 0.25) is 5.91 Å². The molecular formula is C12H20N2O2. The normalized spacial score (nSPS) is 42.2. The highest BCUT2D eigenvalue weighted by molar-refractivity contribution is 5.82. The lowest BCUT2D eigenvalue weighted by Crippen LogP contribution is -2.54. The highest BCUT2D eigenvalue weighted by atomic mass is 16.5. The van der Waals surface area contributed by atoms with E-state index in [4.69, 9.17) is 4.74 Å². The minimum Gasteiger partial charge on any atom is -0.378 e. The van der Waals surface area contributed by atoms with Gasteiger partial charge in [-0.25, -0.2) is 0 Å². The molecule has 0 aromatic heterocycles. The Balaban J connectivity index is 1.52. The Kier molecular flexibility index (Phi) is 2.86. The van der Waals surface area contributed by atoms with E-state index in [0.717, 1.165) is 25.0 Å². The summed E-state index contributed by atoms with van der Waals surface area (Å²) in [6, 6.07) is 0.308. The third-order valence-corrected chi connectivity index (χ3v) is 4.30. The Hall–Kier alpha value is -0.610. The largest absolute Gasteiger partial charge is 0.378 e. The molecule has 1 saturated heterocycles. The Labute approximate surface area is 96.1 Å². The molecule has 0 aromatic rings. The standard InChI is InChI=1S/C12H20N2O2/c15-12(11-7-16-4-3-13-11)14-10-6-8-1-2-9(10)5-8/h8-11,13H,1-7H2,(H,14,15). The van der Waals surface area contributed by atoms with Crippen LogP contribution in [0.5, 0.6) is 0 Å². The van der Waals surface area contributed by atoms with Crippen molar-refractivity contribution in [1.82, 2.24) is 10.6 Å². The van der Waals surface area contributed by atoms with E-state index in [1.54, 1.807) is 0 Å². The molecule has 3 fully saturated rings. The lowest BCUT2D eigenvalue weighted by molar-refractivity contribution is -0.127. The summed E-state index contributed by atoms with van der Waals surface area (Å²) in [5, 5.41) is 6.40. The second-order valence-corrected chi connectivity index (χ2v) is 5.37. The lowest BCUT2D eigenvalue weighted by Gasteiger charge is -2.28. The van der Waals surface area contributed by atoms with Gasteiger partial charge >= 0.3 is 0 Å². The molecule has 3 rings (SSSR count). The Bertz CT molecular complexity index is 276. The fraction of sp³-hybridized carbons (Fsp3) is 0.917. The summed E-state index contributed by atoms with van der Waals surface area (Å²) in [6.45, 7) is 2.03. The molecule has 3 aliphatic rings. The first-order valence-electron chi connectivity index (χ1n) is 6.44. The first-order chi connectivity index (χ1) is 7.83. The van der Waals surface area contributed by atoms with Crippen molar-refractivity contribution in [1.29, 1.82) is 0 Å². The number of ether oxygens (including phenoxy) is 1. The molecule has 2 bridgehead atoms. The summed E-state index contributed by atoms with van der Waals surface area (Å²) in [7, 11) is 0. The first kappa shape index (κ1) is 10.5. The summed E-state index contributed by atoms with van der Waals surface area (Å²) in [5.74, 6) is 1.77. The molecule has 4 unspecified atom stereocenters. The van der Waals surface area contributed by atoms with Crippen LogP contribution in [0.1, 0.15) is 25.7 Å². The van der Waals surface area contributed by atoms with Crippen LogP contribution in [0.25, 0.3) is 0 Å². The van der Waals surface area contributed by atoms with Crippen LogP contribution in [0.15, 0.2) is 0 Å². The van der Waals surface area contributed by atoms with E-state index in [1.165, 1.54) is 25.7 Å². The van der Waals surface area contributed by atoms with Crippen LogP contribution in [0.3, 0.4) is 0 Å². The molecule has 4 heteroatoms. The number of nitrogens with one attached hydrogen (secondary N) is 2. The van der Waals surface area contributed by atoms with Gasteiger partial charge in [-0.15, -0.1) is 0 Å². The molecule has 0 radical (unpaired) electrons. The Morgan fingerprint density at radius 2 is 2.25 bits per heavy atom. The maximum absolute atomic E-state index is 12.0. The molecule has 4 atom stereocenters. The molecule has 16 heavy (non-hydrogen) atoms. The number of hydrogen-bond donors (Lipinski definition) is 2. The molecule has 2 N–H and O–H groups in total. The predicted octanol–water partition coefficient (Wildman–Crippen LogP) is 0.280. The van der Waals surface area contributed by atoms with Crippen LogP contribution in [0.2, 0.25) is 0 Å². The van der Waals surface area contributed by atoms with Crippen LogP contribution < -0.4 is 10.6 Å². The summed E-state index contributed by atoms with van der Waals surface area (Å²) in [4.78, 5) is 12.0. The molecule has 1 heterocycles. The Morgan fingerprint density at radius 3 is 2.88 bits per heavy atom. The van der Waals surface area contributed by atoms with Gasteiger partial charge in [0.25, 0.3) is 0 Å². The van der Waals surface area contributed by atoms with Crippen molar-refractivity contribution in [2.45, 2.75) is 37.8 Å². The molecule has 2 aliphatic carbocycles. The van der Waals surface area contributed by atoms with Crippen LogP contribution in [-0.4, -0.2) is 37.7 Å². The summed E-state index contributed by atoms with van der Waals surface area (Å²) >= 11 is 0. The van der Waals surface area contributed by atoms with Gasteiger partial charge in [-0.2, -0.15) is 0 Å². The molecule has 0 spiro atoms. The van der Waals surface area contributed by atoms with Gasteiger partial charge in [0.15, 0.2) is 0 Å². The van der Waals surface area contributed by atoms with Gasteiger partial charge in [-0.05, 0) is 31.1 Å². The minimum absolute atomic E-state index is 0.132. The van der Waals surface area contributed by atoms with Crippen molar-refractivity contribution in [2.75, 3.05) is 19.8 Å².